The number of benzene rings is 1. The third-order valence-electron chi connectivity index (χ3n) is 2.04. The highest BCUT2D eigenvalue weighted by molar-refractivity contribution is 9.10. The summed E-state index contributed by atoms with van der Waals surface area (Å²) < 4.78 is 12.0. The molecule has 0 aliphatic rings. The summed E-state index contributed by atoms with van der Waals surface area (Å²) in [5, 5.41) is 0. The molecule has 0 fully saturated rings. The zero-order valence-electron chi connectivity index (χ0n) is 10.1. The highest BCUT2D eigenvalue weighted by atomic mass is 79.9. The van der Waals surface area contributed by atoms with Crippen LogP contribution < -0.4 is 5.73 Å². The predicted molar refractivity (Wildman–Crippen MR) is 76.3 cm³/mol. The van der Waals surface area contributed by atoms with Crippen LogP contribution in [0.3, 0.4) is 0 Å². The smallest absolute Gasteiger partial charge is 0.166 e. The molecule has 0 bridgehead atoms. The van der Waals surface area contributed by atoms with E-state index in [-0.39, 0.29) is 6.29 Å². The van der Waals surface area contributed by atoms with Crippen LogP contribution in [-0.4, -0.2) is 25.3 Å². The Morgan fingerprint density at radius 3 is 2.47 bits per heavy atom. The van der Waals surface area contributed by atoms with Crippen LogP contribution in [0.4, 0.5) is 5.69 Å². The average molecular weight is 320 g/mol. The van der Waals surface area contributed by atoms with E-state index in [1.54, 1.807) is 11.8 Å². The zero-order valence-corrected chi connectivity index (χ0v) is 12.5. The third kappa shape index (κ3) is 5.29. The first-order chi connectivity index (χ1) is 8.17. The number of thioether (sulfide) groups is 1. The van der Waals surface area contributed by atoms with Gasteiger partial charge in [0.1, 0.15) is 0 Å². The van der Waals surface area contributed by atoms with E-state index in [0.29, 0.717) is 13.2 Å². The molecule has 0 aromatic heterocycles. The van der Waals surface area contributed by atoms with Gasteiger partial charge in [0, 0.05) is 34.0 Å². The van der Waals surface area contributed by atoms with Crippen molar-refractivity contribution in [1.82, 2.24) is 0 Å². The van der Waals surface area contributed by atoms with E-state index in [1.165, 1.54) is 0 Å². The number of anilines is 1. The van der Waals surface area contributed by atoms with Gasteiger partial charge >= 0.3 is 0 Å². The molecule has 0 saturated heterocycles. The van der Waals surface area contributed by atoms with Crippen molar-refractivity contribution < 1.29 is 9.47 Å². The first-order valence-corrected chi connectivity index (χ1v) is 7.36. The Labute approximate surface area is 115 Å². The van der Waals surface area contributed by atoms with Crippen LogP contribution in [0.25, 0.3) is 0 Å². The van der Waals surface area contributed by atoms with Gasteiger partial charge in [-0.2, -0.15) is 0 Å². The number of ether oxygens (including phenoxy) is 2. The monoisotopic (exact) mass is 319 g/mol. The molecule has 0 heterocycles. The standard InChI is InChI=1S/C12H18BrNO2S/c1-3-15-12(16-4-2)8-17-11-6-5-9(14)7-10(11)13/h5-7,12H,3-4,8,14H2,1-2H3. The van der Waals surface area contributed by atoms with E-state index in [9.17, 15) is 0 Å². The van der Waals surface area contributed by atoms with Crippen LogP contribution in [0.5, 0.6) is 0 Å². The summed E-state index contributed by atoms with van der Waals surface area (Å²) in [5.41, 5.74) is 6.45. The molecular formula is C12H18BrNO2S. The molecule has 1 rings (SSSR count). The first-order valence-electron chi connectivity index (χ1n) is 5.58. The Kier molecular flexibility index (Phi) is 6.96. The summed E-state index contributed by atoms with van der Waals surface area (Å²) in [6, 6.07) is 5.79. The second-order valence-electron chi connectivity index (χ2n) is 3.34. The van der Waals surface area contributed by atoms with Gasteiger partial charge in [-0.15, -0.1) is 11.8 Å². The fraction of sp³-hybridized carbons (Fsp3) is 0.500. The molecular weight excluding hydrogens is 302 g/mol. The quantitative estimate of drug-likeness (QED) is 0.474. The van der Waals surface area contributed by atoms with Crippen molar-refractivity contribution in [1.29, 1.82) is 0 Å². The largest absolute Gasteiger partial charge is 0.399 e. The maximum Gasteiger partial charge on any atom is 0.166 e. The average Bonchev–Trinajstić information content (AvgIpc) is 2.28. The number of hydrogen-bond donors (Lipinski definition) is 1. The van der Waals surface area contributed by atoms with Gasteiger partial charge in [0.2, 0.25) is 0 Å². The van der Waals surface area contributed by atoms with Crippen molar-refractivity contribution in [2.75, 3.05) is 24.7 Å². The van der Waals surface area contributed by atoms with E-state index in [0.717, 1.165) is 20.8 Å². The molecule has 17 heavy (non-hydrogen) atoms. The molecule has 3 nitrogen and oxygen atoms in total. The lowest BCUT2D eigenvalue weighted by Crippen LogP contribution is -2.19. The topological polar surface area (TPSA) is 44.5 Å². The molecule has 0 spiro atoms. The zero-order chi connectivity index (χ0) is 12.7. The Balaban J connectivity index is 2.52. The van der Waals surface area contributed by atoms with Gasteiger partial charge in [-0.1, -0.05) is 0 Å². The highest BCUT2D eigenvalue weighted by Gasteiger charge is 2.10. The molecule has 0 amide bonds. The van der Waals surface area contributed by atoms with Gasteiger partial charge in [0.25, 0.3) is 0 Å². The van der Waals surface area contributed by atoms with Crippen molar-refractivity contribution in [3.05, 3.63) is 22.7 Å². The molecule has 96 valence electrons. The van der Waals surface area contributed by atoms with Crippen molar-refractivity contribution in [3.63, 3.8) is 0 Å². The minimum Gasteiger partial charge on any atom is -0.399 e. The van der Waals surface area contributed by atoms with E-state index in [1.807, 2.05) is 32.0 Å². The fourth-order valence-electron chi connectivity index (χ4n) is 1.31. The van der Waals surface area contributed by atoms with E-state index in [2.05, 4.69) is 15.9 Å². The summed E-state index contributed by atoms with van der Waals surface area (Å²) in [4.78, 5) is 1.14. The maximum absolute atomic E-state index is 5.69. The molecule has 1 aromatic carbocycles. The van der Waals surface area contributed by atoms with Gasteiger partial charge in [-0.05, 0) is 48.0 Å². The Hall–Kier alpha value is -0.230. The number of rotatable bonds is 7. The van der Waals surface area contributed by atoms with Gasteiger partial charge in [-0.25, -0.2) is 0 Å². The van der Waals surface area contributed by atoms with Gasteiger partial charge in [0.05, 0.1) is 0 Å². The van der Waals surface area contributed by atoms with Crippen LogP contribution in [0.2, 0.25) is 0 Å². The molecule has 0 unspecified atom stereocenters. The van der Waals surface area contributed by atoms with Crippen molar-refractivity contribution in [3.8, 4) is 0 Å². The molecule has 0 atom stereocenters. The minimum atomic E-state index is -0.153. The maximum atomic E-state index is 5.69. The van der Waals surface area contributed by atoms with Crippen LogP contribution >= 0.6 is 27.7 Å². The van der Waals surface area contributed by atoms with Crippen LogP contribution in [0.15, 0.2) is 27.6 Å². The second kappa shape index (κ2) is 7.97. The fourth-order valence-corrected chi connectivity index (χ4v) is 2.92. The van der Waals surface area contributed by atoms with E-state index >= 15 is 0 Å². The summed E-state index contributed by atoms with van der Waals surface area (Å²) in [7, 11) is 0. The molecule has 0 saturated carbocycles. The Bertz CT molecular complexity index is 343. The summed E-state index contributed by atoms with van der Waals surface area (Å²) in [6.45, 7) is 5.26. The Morgan fingerprint density at radius 1 is 1.29 bits per heavy atom. The second-order valence-corrected chi connectivity index (χ2v) is 5.26. The van der Waals surface area contributed by atoms with Gasteiger partial charge < -0.3 is 15.2 Å². The van der Waals surface area contributed by atoms with Gasteiger partial charge in [0.15, 0.2) is 6.29 Å². The Morgan fingerprint density at radius 2 is 1.94 bits per heavy atom. The van der Waals surface area contributed by atoms with E-state index < -0.39 is 0 Å². The number of nitrogen functional groups attached to an aromatic ring is 1. The lowest BCUT2D eigenvalue weighted by atomic mass is 10.3. The summed E-state index contributed by atoms with van der Waals surface area (Å²) in [6.07, 6.45) is -0.153. The minimum absolute atomic E-state index is 0.153. The molecule has 1 aromatic rings. The number of hydrogen-bond acceptors (Lipinski definition) is 4. The predicted octanol–water partition coefficient (Wildman–Crippen LogP) is 3.52. The first kappa shape index (κ1) is 14.8. The lowest BCUT2D eigenvalue weighted by molar-refractivity contribution is -0.120. The molecule has 0 aliphatic carbocycles. The molecule has 0 aliphatic heterocycles. The van der Waals surface area contributed by atoms with Gasteiger partial charge in [-0.3, -0.25) is 0 Å². The van der Waals surface area contributed by atoms with Crippen molar-refractivity contribution in [2.45, 2.75) is 25.0 Å². The van der Waals surface area contributed by atoms with Crippen LogP contribution in [0.1, 0.15) is 13.8 Å². The number of nitrogens with two attached hydrogens (primary N) is 1. The van der Waals surface area contributed by atoms with Crippen molar-refractivity contribution >= 4 is 33.4 Å². The highest BCUT2D eigenvalue weighted by Crippen LogP contribution is 2.30. The summed E-state index contributed by atoms with van der Waals surface area (Å²) in [5.74, 6) is 0.768. The SMILES string of the molecule is CCOC(CSc1ccc(N)cc1Br)OCC. The molecule has 0 radical (unpaired) electrons. The lowest BCUT2D eigenvalue weighted by Gasteiger charge is -2.16. The molecule has 2 N–H and O–H groups in total. The van der Waals surface area contributed by atoms with E-state index in [4.69, 9.17) is 15.2 Å². The summed E-state index contributed by atoms with van der Waals surface area (Å²) >= 11 is 5.18. The van der Waals surface area contributed by atoms with Crippen LogP contribution in [-0.2, 0) is 9.47 Å². The van der Waals surface area contributed by atoms with Crippen LogP contribution in [0, 0.1) is 0 Å². The normalized spacial score (nSPS) is 11.1. The number of halogens is 1. The van der Waals surface area contributed by atoms with Crippen molar-refractivity contribution in [2.24, 2.45) is 0 Å². The molecule has 5 heteroatoms. The third-order valence-corrected chi connectivity index (χ3v) is 4.06.